The molecule has 3 atom stereocenters. The average molecular weight is 613 g/mol. The molecule has 1 aromatic heterocycles. The summed E-state index contributed by atoms with van der Waals surface area (Å²) >= 11 is 3.82. The lowest BCUT2D eigenvalue weighted by atomic mass is 9.75. The zero-order valence-electron chi connectivity index (χ0n) is 24.5. The van der Waals surface area contributed by atoms with Crippen LogP contribution < -0.4 is 5.32 Å². The third kappa shape index (κ3) is 7.49. The van der Waals surface area contributed by atoms with Crippen molar-refractivity contribution in [2.75, 3.05) is 6.54 Å². The molecule has 1 aliphatic heterocycles. The van der Waals surface area contributed by atoms with Gasteiger partial charge in [0.15, 0.2) is 0 Å². The van der Waals surface area contributed by atoms with Crippen molar-refractivity contribution in [1.29, 1.82) is 0 Å². The Balaban J connectivity index is 1.09. The molecule has 1 N–H and O–H groups in total. The molecular weight excluding hydrogens is 566 g/mol. The number of hydrogen-bond acceptors (Lipinski definition) is 3. The number of halogens is 1. The van der Waals surface area contributed by atoms with Crippen LogP contribution in [-0.2, 0) is 6.54 Å². The lowest BCUT2D eigenvalue weighted by Gasteiger charge is -2.31. The Morgan fingerprint density at radius 2 is 1.66 bits per heavy atom. The number of pyridine rings is 1. The van der Waals surface area contributed by atoms with E-state index in [-0.39, 0.29) is 0 Å². The Hall–Kier alpha value is -2.46. The molecule has 2 heterocycles. The van der Waals surface area contributed by atoms with Gasteiger partial charge in [-0.15, -0.1) is 0 Å². The van der Waals surface area contributed by atoms with Crippen LogP contribution in [0.3, 0.4) is 0 Å². The standard InChI is InChI=1S/C37H46BrN3/c38-36-26-40-25-35-34(36)13-5-12-33(22-37(35)41-24-29-8-6-20-39-23-29)31-11-4-7-27(14-17-31)21-28-15-18-32(19-16-28)30-9-2-1-3-10-30/h1-3,6,8-10,12,20,22-23,26-28,31-32,35,41H,4-5,7,11,13-19,21,24-25H2/b33-12-,37-22+. The van der Waals surface area contributed by atoms with Crippen LogP contribution in [-0.4, -0.2) is 17.7 Å². The molecule has 0 bridgehead atoms. The summed E-state index contributed by atoms with van der Waals surface area (Å²) in [4.78, 5) is 9.05. The summed E-state index contributed by atoms with van der Waals surface area (Å²) in [7, 11) is 0. The number of nitrogens with zero attached hydrogens (tertiary/aromatic N) is 2. The van der Waals surface area contributed by atoms with Crippen LogP contribution in [0.1, 0.15) is 94.1 Å². The predicted octanol–water partition coefficient (Wildman–Crippen LogP) is 9.69. The number of fused-ring (bicyclic) bond motifs is 1. The summed E-state index contributed by atoms with van der Waals surface area (Å²) in [6, 6.07) is 15.4. The van der Waals surface area contributed by atoms with E-state index in [2.05, 4.69) is 74.8 Å². The fraction of sp³-hybridized carbons (Fsp3) is 0.514. The zero-order valence-corrected chi connectivity index (χ0v) is 26.1. The van der Waals surface area contributed by atoms with Gasteiger partial charge in [-0.3, -0.25) is 9.98 Å². The quantitative estimate of drug-likeness (QED) is 0.316. The van der Waals surface area contributed by atoms with Gasteiger partial charge in [0.2, 0.25) is 0 Å². The number of benzene rings is 1. The molecule has 0 amide bonds. The van der Waals surface area contributed by atoms with Crippen molar-refractivity contribution in [1.82, 2.24) is 10.3 Å². The van der Waals surface area contributed by atoms with Crippen LogP contribution in [0.25, 0.3) is 0 Å². The van der Waals surface area contributed by atoms with Gasteiger partial charge in [-0.2, -0.15) is 0 Å². The maximum atomic E-state index is 4.72. The summed E-state index contributed by atoms with van der Waals surface area (Å²) in [6.07, 6.45) is 27.1. The van der Waals surface area contributed by atoms with Gasteiger partial charge in [0, 0.05) is 41.3 Å². The number of nitrogens with one attached hydrogen (secondary N) is 1. The highest BCUT2D eigenvalue weighted by Gasteiger charge is 2.29. The van der Waals surface area contributed by atoms with Crippen molar-refractivity contribution in [2.45, 2.75) is 89.5 Å². The van der Waals surface area contributed by atoms with Gasteiger partial charge >= 0.3 is 0 Å². The first kappa shape index (κ1) is 28.6. The van der Waals surface area contributed by atoms with Gasteiger partial charge in [-0.1, -0.05) is 55.3 Å². The molecule has 2 aromatic rings. The normalized spacial score (nSPS) is 31.5. The van der Waals surface area contributed by atoms with Gasteiger partial charge < -0.3 is 5.32 Å². The van der Waals surface area contributed by atoms with E-state index in [9.17, 15) is 0 Å². The number of aliphatic imine (C=N–C) groups is 1. The molecule has 4 heteroatoms. The molecule has 0 spiro atoms. The molecule has 216 valence electrons. The molecule has 3 aliphatic carbocycles. The van der Waals surface area contributed by atoms with E-state index in [4.69, 9.17) is 4.99 Å². The number of hydrogen-bond donors (Lipinski definition) is 1. The van der Waals surface area contributed by atoms with E-state index in [0.29, 0.717) is 11.8 Å². The van der Waals surface area contributed by atoms with Crippen LogP contribution in [0.4, 0.5) is 0 Å². The van der Waals surface area contributed by atoms with Crippen molar-refractivity contribution in [3.8, 4) is 0 Å². The second-order valence-electron chi connectivity index (χ2n) is 12.9. The van der Waals surface area contributed by atoms with E-state index >= 15 is 0 Å². The van der Waals surface area contributed by atoms with E-state index in [1.54, 1.807) is 11.1 Å². The van der Waals surface area contributed by atoms with E-state index in [0.717, 1.165) is 43.7 Å². The van der Waals surface area contributed by atoms with E-state index < -0.39 is 0 Å². The number of aromatic nitrogens is 1. The molecule has 3 nitrogen and oxygen atoms in total. The molecule has 41 heavy (non-hydrogen) atoms. The SMILES string of the molecule is BrC1=C2CC/C=C(C3CCCC(CC4CCC(c5ccccc5)CC4)CC3)/C=C(/NCc3cccnc3)C2CN=C1. The summed E-state index contributed by atoms with van der Waals surface area (Å²) in [5.74, 6) is 3.66. The maximum Gasteiger partial charge on any atom is 0.0510 e. The van der Waals surface area contributed by atoms with Crippen LogP contribution in [0.15, 0.2) is 93.3 Å². The Morgan fingerprint density at radius 3 is 2.46 bits per heavy atom. The summed E-state index contributed by atoms with van der Waals surface area (Å²) < 4.78 is 1.18. The topological polar surface area (TPSA) is 37.3 Å². The van der Waals surface area contributed by atoms with Crippen molar-refractivity contribution < 1.29 is 0 Å². The second-order valence-corrected chi connectivity index (χ2v) is 13.8. The highest BCUT2D eigenvalue weighted by atomic mass is 79.9. The molecule has 2 fully saturated rings. The molecule has 0 radical (unpaired) electrons. The highest BCUT2D eigenvalue weighted by molar-refractivity contribution is 9.12. The van der Waals surface area contributed by atoms with E-state index in [1.807, 2.05) is 24.7 Å². The van der Waals surface area contributed by atoms with Gasteiger partial charge in [0.25, 0.3) is 0 Å². The van der Waals surface area contributed by atoms with Crippen LogP contribution in [0.2, 0.25) is 0 Å². The van der Waals surface area contributed by atoms with Gasteiger partial charge in [0.05, 0.1) is 6.54 Å². The number of dihydropyridines is 1. The van der Waals surface area contributed by atoms with Gasteiger partial charge in [-0.05, 0) is 138 Å². The van der Waals surface area contributed by atoms with Crippen LogP contribution in [0, 0.1) is 23.7 Å². The van der Waals surface area contributed by atoms with Gasteiger partial charge in [-0.25, -0.2) is 0 Å². The molecule has 6 rings (SSSR count). The molecule has 1 aromatic carbocycles. The lowest BCUT2D eigenvalue weighted by molar-refractivity contribution is 0.255. The summed E-state index contributed by atoms with van der Waals surface area (Å²) in [5.41, 5.74) is 7.18. The smallest absolute Gasteiger partial charge is 0.0510 e. The maximum absolute atomic E-state index is 4.72. The fourth-order valence-corrected chi connectivity index (χ4v) is 8.57. The Kier molecular flexibility index (Phi) is 9.88. The first-order valence-corrected chi connectivity index (χ1v) is 17.0. The summed E-state index contributed by atoms with van der Waals surface area (Å²) in [6.45, 7) is 1.64. The second kappa shape index (κ2) is 14.1. The minimum Gasteiger partial charge on any atom is -0.384 e. The van der Waals surface area contributed by atoms with Crippen LogP contribution in [0.5, 0.6) is 0 Å². The summed E-state index contributed by atoms with van der Waals surface area (Å²) in [5, 5.41) is 3.84. The largest absolute Gasteiger partial charge is 0.384 e. The molecule has 4 aliphatic rings. The molecular formula is C37H46BrN3. The lowest BCUT2D eigenvalue weighted by Crippen LogP contribution is -2.27. The first-order valence-electron chi connectivity index (χ1n) is 16.2. The predicted molar refractivity (Wildman–Crippen MR) is 175 cm³/mol. The highest BCUT2D eigenvalue weighted by Crippen LogP contribution is 2.42. The monoisotopic (exact) mass is 611 g/mol. The number of allylic oxidation sites excluding steroid dienone is 4. The van der Waals surface area contributed by atoms with E-state index in [1.165, 1.54) is 85.5 Å². The number of rotatable bonds is 7. The van der Waals surface area contributed by atoms with Crippen molar-refractivity contribution in [2.24, 2.45) is 28.7 Å². The van der Waals surface area contributed by atoms with Crippen molar-refractivity contribution in [3.05, 3.63) is 99.5 Å². The van der Waals surface area contributed by atoms with Gasteiger partial charge in [0.1, 0.15) is 0 Å². The molecule has 2 saturated carbocycles. The minimum atomic E-state index is 0.333. The third-order valence-corrected chi connectivity index (χ3v) is 11.0. The molecule has 3 unspecified atom stereocenters. The zero-order chi connectivity index (χ0) is 27.9. The van der Waals surface area contributed by atoms with Crippen molar-refractivity contribution >= 4 is 22.1 Å². The Labute approximate surface area is 255 Å². The third-order valence-electron chi connectivity index (χ3n) is 10.3. The first-order chi connectivity index (χ1) is 20.2. The Bertz CT molecular complexity index is 1250. The van der Waals surface area contributed by atoms with Crippen LogP contribution >= 0.6 is 15.9 Å². The fourth-order valence-electron chi connectivity index (χ4n) is 7.95. The minimum absolute atomic E-state index is 0.333. The molecule has 0 saturated heterocycles. The Morgan fingerprint density at radius 1 is 0.854 bits per heavy atom. The average Bonchev–Trinajstić information content (AvgIpc) is 3.24. The van der Waals surface area contributed by atoms with Crippen molar-refractivity contribution in [3.63, 3.8) is 0 Å².